The summed E-state index contributed by atoms with van der Waals surface area (Å²) >= 11 is 0. The fourth-order valence-corrected chi connectivity index (χ4v) is 3.19. The number of guanidine groups is 1. The van der Waals surface area contributed by atoms with Crippen LogP contribution < -0.4 is 15.5 Å². The first-order valence-corrected chi connectivity index (χ1v) is 8.57. The van der Waals surface area contributed by atoms with Crippen LogP contribution >= 0.6 is 0 Å². The second-order valence-corrected chi connectivity index (χ2v) is 6.37. The number of aryl methyl sites for hydroxylation is 2. The molecule has 0 saturated carbocycles. The predicted molar refractivity (Wildman–Crippen MR) is 96.3 cm³/mol. The largest absolute Gasteiger partial charge is 0.365 e. The van der Waals surface area contributed by atoms with Gasteiger partial charge >= 0.3 is 0 Å². The van der Waals surface area contributed by atoms with Gasteiger partial charge in [0.05, 0.1) is 5.69 Å². The SMILES string of the molecule is CN=C(NCc1c(C)noc1C)NC1CCN(c2c(F)cccc2F)C1. The number of nitrogens with one attached hydrogen (secondary N) is 2. The van der Waals surface area contributed by atoms with Crippen LogP contribution in [-0.4, -0.2) is 37.3 Å². The van der Waals surface area contributed by atoms with Gasteiger partial charge in [-0.25, -0.2) is 8.78 Å². The number of benzene rings is 1. The van der Waals surface area contributed by atoms with Gasteiger partial charge in [-0.2, -0.15) is 0 Å². The van der Waals surface area contributed by atoms with Crippen LogP contribution in [0.2, 0.25) is 0 Å². The summed E-state index contributed by atoms with van der Waals surface area (Å²) in [7, 11) is 1.69. The van der Waals surface area contributed by atoms with Crippen molar-refractivity contribution in [2.24, 2.45) is 4.99 Å². The maximum Gasteiger partial charge on any atom is 0.191 e. The third kappa shape index (κ3) is 3.79. The fourth-order valence-electron chi connectivity index (χ4n) is 3.19. The Labute approximate surface area is 151 Å². The molecule has 2 heterocycles. The highest BCUT2D eigenvalue weighted by Gasteiger charge is 2.27. The summed E-state index contributed by atoms with van der Waals surface area (Å²) in [6, 6.07) is 3.98. The number of hydrogen-bond donors (Lipinski definition) is 2. The molecule has 2 aromatic rings. The van der Waals surface area contributed by atoms with E-state index in [1.807, 2.05) is 13.8 Å². The first-order chi connectivity index (χ1) is 12.5. The Morgan fingerprint density at radius 1 is 1.35 bits per heavy atom. The number of hydrogen-bond acceptors (Lipinski definition) is 4. The lowest BCUT2D eigenvalue weighted by molar-refractivity contribution is 0.392. The first-order valence-electron chi connectivity index (χ1n) is 8.57. The van der Waals surface area contributed by atoms with Crippen LogP contribution in [0.15, 0.2) is 27.7 Å². The van der Waals surface area contributed by atoms with Crippen molar-refractivity contribution in [3.05, 3.63) is 46.9 Å². The molecule has 26 heavy (non-hydrogen) atoms. The van der Waals surface area contributed by atoms with Gasteiger partial charge in [0.2, 0.25) is 0 Å². The van der Waals surface area contributed by atoms with Gasteiger partial charge in [-0.3, -0.25) is 4.99 Å². The average Bonchev–Trinajstić information content (AvgIpc) is 3.19. The maximum absolute atomic E-state index is 14.0. The van der Waals surface area contributed by atoms with E-state index in [1.165, 1.54) is 18.2 Å². The van der Waals surface area contributed by atoms with Gasteiger partial charge in [-0.1, -0.05) is 11.2 Å². The lowest BCUT2D eigenvalue weighted by atomic mass is 10.2. The number of rotatable bonds is 4. The van der Waals surface area contributed by atoms with Crippen LogP contribution in [0.1, 0.15) is 23.4 Å². The van der Waals surface area contributed by atoms with Gasteiger partial charge in [0, 0.05) is 38.3 Å². The van der Waals surface area contributed by atoms with E-state index in [-0.39, 0.29) is 11.7 Å². The van der Waals surface area contributed by atoms with E-state index in [0.29, 0.717) is 25.6 Å². The Hall–Kier alpha value is -2.64. The summed E-state index contributed by atoms with van der Waals surface area (Å²) in [6.45, 7) is 5.38. The van der Waals surface area contributed by atoms with Crippen LogP contribution in [0.4, 0.5) is 14.5 Å². The van der Waals surface area contributed by atoms with Gasteiger partial charge < -0.3 is 20.1 Å². The average molecular weight is 363 g/mol. The predicted octanol–water partition coefficient (Wildman–Crippen LogP) is 2.51. The minimum atomic E-state index is -0.536. The third-order valence-electron chi connectivity index (χ3n) is 4.62. The molecule has 0 aliphatic carbocycles. The number of halogens is 2. The Morgan fingerprint density at radius 3 is 2.69 bits per heavy atom. The van der Waals surface area contributed by atoms with Crippen molar-refractivity contribution >= 4 is 11.6 Å². The van der Waals surface area contributed by atoms with Crippen molar-refractivity contribution in [1.29, 1.82) is 0 Å². The van der Waals surface area contributed by atoms with Crippen LogP contribution in [0.25, 0.3) is 0 Å². The number of aromatic nitrogens is 1. The van der Waals surface area contributed by atoms with E-state index in [2.05, 4.69) is 20.8 Å². The van der Waals surface area contributed by atoms with Gasteiger partial charge in [0.15, 0.2) is 5.96 Å². The Balaban J connectivity index is 1.59. The molecule has 1 aromatic heterocycles. The van der Waals surface area contributed by atoms with Crippen molar-refractivity contribution in [3.8, 4) is 0 Å². The topological polar surface area (TPSA) is 65.7 Å². The van der Waals surface area contributed by atoms with Crippen LogP contribution in [0.3, 0.4) is 0 Å². The highest BCUT2D eigenvalue weighted by molar-refractivity contribution is 5.80. The zero-order valence-corrected chi connectivity index (χ0v) is 15.1. The van der Waals surface area contributed by atoms with Gasteiger partial charge in [0.25, 0.3) is 0 Å². The summed E-state index contributed by atoms with van der Waals surface area (Å²) in [5.74, 6) is 0.330. The van der Waals surface area contributed by atoms with E-state index >= 15 is 0 Å². The number of anilines is 1. The smallest absolute Gasteiger partial charge is 0.191 e. The summed E-state index contributed by atoms with van der Waals surface area (Å²) < 4.78 is 33.1. The van der Waals surface area contributed by atoms with Crippen molar-refractivity contribution in [2.45, 2.75) is 32.9 Å². The second kappa shape index (κ2) is 7.72. The summed E-state index contributed by atoms with van der Waals surface area (Å²) in [6.07, 6.45) is 0.764. The zero-order chi connectivity index (χ0) is 18.7. The highest BCUT2D eigenvalue weighted by Crippen LogP contribution is 2.26. The molecule has 1 aliphatic heterocycles. The molecule has 140 valence electrons. The molecule has 0 bridgehead atoms. The minimum absolute atomic E-state index is 0.0375. The van der Waals surface area contributed by atoms with Crippen molar-refractivity contribution in [1.82, 2.24) is 15.8 Å². The second-order valence-electron chi connectivity index (χ2n) is 6.37. The zero-order valence-electron chi connectivity index (χ0n) is 15.1. The molecule has 8 heteroatoms. The molecule has 1 aromatic carbocycles. The van der Waals surface area contributed by atoms with Crippen LogP contribution in [-0.2, 0) is 6.54 Å². The molecule has 1 aliphatic rings. The maximum atomic E-state index is 14.0. The van der Waals surface area contributed by atoms with E-state index in [9.17, 15) is 8.78 Å². The highest BCUT2D eigenvalue weighted by atomic mass is 19.1. The Kier molecular flexibility index (Phi) is 5.39. The van der Waals surface area contributed by atoms with Gasteiger partial charge in [-0.15, -0.1) is 0 Å². The standard InChI is InChI=1S/C18H23F2N5O/c1-11-14(12(2)26-24-11)9-22-18(21-3)23-13-7-8-25(10-13)17-15(19)5-4-6-16(17)20/h4-6,13H,7-10H2,1-3H3,(H2,21,22,23). The monoisotopic (exact) mass is 363 g/mol. The summed E-state index contributed by atoms with van der Waals surface area (Å²) in [4.78, 5) is 5.95. The van der Waals surface area contributed by atoms with Crippen molar-refractivity contribution < 1.29 is 13.3 Å². The third-order valence-corrected chi connectivity index (χ3v) is 4.62. The molecule has 2 N–H and O–H groups in total. The van der Waals surface area contributed by atoms with E-state index in [4.69, 9.17) is 4.52 Å². The normalized spacial score (nSPS) is 17.7. The molecule has 1 fully saturated rings. The Bertz CT molecular complexity index is 765. The van der Waals surface area contributed by atoms with Crippen LogP contribution in [0.5, 0.6) is 0 Å². The molecule has 0 radical (unpaired) electrons. The lowest BCUT2D eigenvalue weighted by Gasteiger charge is -2.21. The van der Waals surface area contributed by atoms with E-state index < -0.39 is 11.6 Å². The molecular weight excluding hydrogens is 340 g/mol. The molecule has 3 rings (SSSR count). The molecule has 0 amide bonds. The number of nitrogens with zero attached hydrogens (tertiary/aromatic N) is 3. The quantitative estimate of drug-likeness (QED) is 0.646. The number of para-hydroxylation sites is 1. The van der Waals surface area contributed by atoms with Crippen molar-refractivity contribution in [3.63, 3.8) is 0 Å². The van der Waals surface area contributed by atoms with E-state index in [1.54, 1.807) is 11.9 Å². The molecule has 6 nitrogen and oxygen atoms in total. The molecule has 1 saturated heterocycles. The minimum Gasteiger partial charge on any atom is -0.365 e. The molecule has 1 atom stereocenters. The van der Waals surface area contributed by atoms with Crippen molar-refractivity contribution in [2.75, 3.05) is 25.0 Å². The van der Waals surface area contributed by atoms with Gasteiger partial charge in [-0.05, 0) is 32.4 Å². The van der Waals surface area contributed by atoms with E-state index in [0.717, 1.165) is 23.4 Å². The van der Waals surface area contributed by atoms with Gasteiger partial charge in [0.1, 0.15) is 23.1 Å². The fraction of sp³-hybridized carbons (Fsp3) is 0.444. The Morgan fingerprint density at radius 2 is 2.08 bits per heavy atom. The summed E-state index contributed by atoms with van der Waals surface area (Å²) in [5.41, 5.74) is 1.87. The lowest BCUT2D eigenvalue weighted by Crippen LogP contribution is -2.44. The number of aliphatic imine (C=N–C) groups is 1. The summed E-state index contributed by atoms with van der Waals surface area (Å²) in [5, 5.41) is 10.5. The van der Waals surface area contributed by atoms with Crippen LogP contribution in [0, 0.1) is 25.5 Å². The molecule has 1 unspecified atom stereocenters. The molecule has 0 spiro atoms. The molecular formula is C18H23F2N5O. The first kappa shape index (κ1) is 18.2.